The third-order valence-corrected chi connectivity index (χ3v) is 4.21. The summed E-state index contributed by atoms with van der Waals surface area (Å²) in [6, 6.07) is 0.847. The van der Waals surface area contributed by atoms with Crippen LogP contribution < -0.4 is 5.32 Å². The first-order chi connectivity index (χ1) is 8.91. The van der Waals surface area contributed by atoms with Crippen LogP contribution in [-0.4, -0.2) is 23.7 Å². The van der Waals surface area contributed by atoms with Crippen molar-refractivity contribution in [2.75, 3.05) is 0 Å². The lowest BCUT2D eigenvalue weighted by atomic mass is 9.83. The van der Waals surface area contributed by atoms with Gasteiger partial charge in [-0.3, -0.25) is 9.59 Å². The van der Waals surface area contributed by atoms with Crippen molar-refractivity contribution in [2.24, 2.45) is 0 Å². The summed E-state index contributed by atoms with van der Waals surface area (Å²) in [6.07, 6.45) is 3.36. The van der Waals surface area contributed by atoms with Gasteiger partial charge in [-0.05, 0) is 39.5 Å². The Morgan fingerprint density at radius 3 is 1.74 bits per heavy atom. The second-order valence-corrected chi connectivity index (χ2v) is 5.96. The highest BCUT2D eigenvalue weighted by molar-refractivity contribution is 6.24. The van der Waals surface area contributed by atoms with Gasteiger partial charge in [0, 0.05) is 34.4 Å². The third kappa shape index (κ3) is 2.71. The SMILES string of the molecule is CC1=C(C)C(=O)C2=C(CCC(NC(C)C)CC2)C1=O. The van der Waals surface area contributed by atoms with Crippen LogP contribution in [0.3, 0.4) is 0 Å². The van der Waals surface area contributed by atoms with E-state index in [-0.39, 0.29) is 11.6 Å². The normalized spacial score (nSPS) is 22.2. The molecule has 3 heteroatoms. The third-order valence-electron chi connectivity index (χ3n) is 4.21. The zero-order chi connectivity index (χ0) is 14.2. The predicted molar refractivity (Wildman–Crippen MR) is 75.9 cm³/mol. The molecule has 1 N–H and O–H groups in total. The molecule has 0 radical (unpaired) electrons. The number of ketones is 2. The zero-order valence-corrected chi connectivity index (χ0v) is 12.3. The molecular weight excluding hydrogens is 238 g/mol. The summed E-state index contributed by atoms with van der Waals surface area (Å²) < 4.78 is 0. The molecule has 0 heterocycles. The van der Waals surface area contributed by atoms with E-state index in [1.165, 1.54) is 0 Å². The number of allylic oxidation sites excluding steroid dienone is 4. The summed E-state index contributed by atoms with van der Waals surface area (Å²) in [7, 11) is 0. The number of rotatable bonds is 2. The Balaban J connectivity index is 2.21. The number of carbonyl (C=O) groups excluding carboxylic acids is 2. The van der Waals surface area contributed by atoms with E-state index in [2.05, 4.69) is 19.2 Å². The van der Waals surface area contributed by atoms with Crippen molar-refractivity contribution in [3.05, 3.63) is 22.3 Å². The maximum absolute atomic E-state index is 12.3. The highest BCUT2D eigenvalue weighted by Gasteiger charge is 2.32. The minimum Gasteiger partial charge on any atom is -0.312 e. The Morgan fingerprint density at radius 2 is 1.37 bits per heavy atom. The molecule has 3 nitrogen and oxygen atoms in total. The fourth-order valence-corrected chi connectivity index (χ4v) is 3.02. The molecule has 0 aromatic heterocycles. The van der Waals surface area contributed by atoms with Crippen LogP contribution in [-0.2, 0) is 9.59 Å². The van der Waals surface area contributed by atoms with Crippen LogP contribution in [0.15, 0.2) is 22.3 Å². The van der Waals surface area contributed by atoms with Gasteiger partial charge in [-0.2, -0.15) is 0 Å². The van der Waals surface area contributed by atoms with Gasteiger partial charge in [0.05, 0.1) is 0 Å². The maximum atomic E-state index is 12.3. The highest BCUT2D eigenvalue weighted by Crippen LogP contribution is 2.33. The standard InChI is InChI=1S/C16H23NO2/c1-9(2)17-12-5-7-13-14(8-6-12)16(19)11(4)10(3)15(13)18/h9,12,17H,5-8H2,1-4H3. The molecule has 0 aromatic carbocycles. The van der Waals surface area contributed by atoms with E-state index in [0.29, 0.717) is 23.2 Å². The van der Waals surface area contributed by atoms with E-state index in [4.69, 9.17) is 0 Å². The van der Waals surface area contributed by atoms with Crippen molar-refractivity contribution in [2.45, 2.75) is 65.5 Å². The van der Waals surface area contributed by atoms with E-state index >= 15 is 0 Å². The Kier molecular flexibility index (Phi) is 4.04. The van der Waals surface area contributed by atoms with Crippen molar-refractivity contribution in [3.63, 3.8) is 0 Å². The summed E-state index contributed by atoms with van der Waals surface area (Å²) >= 11 is 0. The molecule has 19 heavy (non-hydrogen) atoms. The predicted octanol–water partition coefficient (Wildman–Crippen LogP) is 2.71. The van der Waals surface area contributed by atoms with Crippen LogP contribution in [0.4, 0.5) is 0 Å². The fraction of sp³-hybridized carbons (Fsp3) is 0.625. The van der Waals surface area contributed by atoms with Crippen LogP contribution in [0.5, 0.6) is 0 Å². The van der Waals surface area contributed by atoms with Crippen molar-refractivity contribution < 1.29 is 9.59 Å². The van der Waals surface area contributed by atoms with Crippen LogP contribution in [0.1, 0.15) is 53.4 Å². The monoisotopic (exact) mass is 261 g/mol. The molecule has 0 saturated carbocycles. The minimum atomic E-state index is 0.0947. The molecule has 0 aromatic rings. The van der Waals surface area contributed by atoms with Gasteiger partial charge in [0.15, 0.2) is 11.6 Å². The summed E-state index contributed by atoms with van der Waals surface area (Å²) in [5.41, 5.74) is 2.83. The van der Waals surface area contributed by atoms with Crippen molar-refractivity contribution in [1.29, 1.82) is 0 Å². The highest BCUT2D eigenvalue weighted by atomic mass is 16.1. The second kappa shape index (κ2) is 5.41. The van der Waals surface area contributed by atoms with Crippen molar-refractivity contribution in [3.8, 4) is 0 Å². The van der Waals surface area contributed by atoms with Crippen LogP contribution in [0.25, 0.3) is 0 Å². The number of hydrogen-bond donors (Lipinski definition) is 1. The van der Waals surface area contributed by atoms with Gasteiger partial charge < -0.3 is 5.32 Å². The van der Waals surface area contributed by atoms with Gasteiger partial charge in [-0.1, -0.05) is 13.8 Å². The Hall–Kier alpha value is -1.22. The summed E-state index contributed by atoms with van der Waals surface area (Å²) in [4.78, 5) is 24.6. The van der Waals surface area contributed by atoms with E-state index in [9.17, 15) is 9.59 Å². The van der Waals surface area contributed by atoms with Gasteiger partial charge in [-0.25, -0.2) is 0 Å². The van der Waals surface area contributed by atoms with Crippen LogP contribution in [0.2, 0.25) is 0 Å². The van der Waals surface area contributed by atoms with Crippen molar-refractivity contribution in [1.82, 2.24) is 5.32 Å². The van der Waals surface area contributed by atoms with Crippen molar-refractivity contribution >= 4 is 11.6 Å². The smallest absolute Gasteiger partial charge is 0.185 e. The average Bonchev–Trinajstić information content (AvgIpc) is 2.56. The Labute approximate surface area is 115 Å². The first kappa shape index (κ1) is 14.2. The lowest BCUT2D eigenvalue weighted by Gasteiger charge is -2.19. The fourth-order valence-electron chi connectivity index (χ4n) is 3.02. The maximum Gasteiger partial charge on any atom is 0.185 e. The molecule has 2 rings (SSSR count). The molecule has 0 aliphatic heterocycles. The van der Waals surface area contributed by atoms with Gasteiger partial charge in [0.25, 0.3) is 0 Å². The molecule has 104 valence electrons. The number of nitrogens with one attached hydrogen (secondary N) is 1. The quantitative estimate of drug-likeness (QED) is 0.777. The molecule has 0 saturated heterocycles. The Morgan fingerprint density at radius 1 is 0.947 bits per heavy atom. The lowest BCUT2D eigenvalue weighted by molar-refractivity contribution is -0.116. The first-order valence-corrected chi connectivity index (χ1v) is 7.16. The van der Waals surface area contributed by atoms with Gasteiger partial charge in [0.2, 0.25) is 0 Å². The molecule has 0 atom stereocenters. The largest absolute Gasteiger partial charge is 0.312 e. The minimum absolute atomic E-state index is 0.0947. The average molecular weight is 261 g/mol. The molecule has 2 aliphatic rings. The summed E-state index contributed by atoms with van der Waals surface area (Å²) in [5.74, 6) is 0.189. The van der Waals surface area contributed by atoms with Crippen LogP contribution in [0, 0.1) is 0 Å². The molecule has 2 aliphatic carbocycles. The van der Waals surface area contributed by atoms with E-state index in [1.54, 1.807) is 13.8 Å². The Bertz CT molecular complexity index is 445. The van der Waals surface area contributed by atoms with E-state index in [1.807, 2.05) is 0 Å². The van der Waals surface area contributed by atoms with E-state index in [0.717, 1.165) is 36.8 Å². The summed E-state index contributed by atoms with van der Waals surface area (Å²) in [6.45, 7) is 7.80. The van der Waals surface area contributed by atoms with Gasteiger partial charge >= 0.3 is 0 Å². The number of hydrogen-bond acceptors (Lipinski definition) is 3. The molecular formula is C16H23NO2. The van der Waals surface area contributed by atoms with Gasteiger partial charge in [-0.15, -0.1) is 0 Å². The topological polar surface area (TPSA) is 46.2 Å². The molecule has 0 amide bonds. The number of carbonyl (C=O) groups is 2. The zero-order valence-electron chi connectivity index (χ0n) is 12.3. The lowest BCUT2D eigenvalue weighted by Crippen LogP contribution is -2.34. The molecule has 0 unspecified atom stereocenters. The molecule has 0 bridgehead atoms. The van der Waals surface area contributed by atoms with Gasteiger partial charge in [0.1, 0.15) is 0 Å². The first-order valence-electron chi connectivity index (χ1n) is 7.16. The van der Waals surface area contributed by atoms with E-state index < -0.39 is 0 Å². The molecule has 0 spiro atoms. The molecule has 0 fully saturated rings. The summed E-state index contributed by atoms with van der Waals surface area (Å²) in [5, 5.41) is 3.52. The number of Topliss-reactive ketones (excluding diaryl/α,β-unsaturated/α-hetero) is 2. The van der Waals surface area contributed by atoms with Crippen LogP contribution >= 0.6 is 0 Å². The second-order valence-electron chi connectivity index (χ2n) is 5.96.